The zero-order chi connectivity index (χ0) is 8.59. The van der Waals surface area contributed by atoms with E-state index in [1.165, 1.54) is 0 Å². The third-order valence-corrected chi connectivity index (χ3v) is 3.23. The molecule has 1 aliphatic rings. The number of aliphatic hydroxyl groups excluding tert-OH is 1. The smallest absolute Gasteiger partial charge is 0.0459 e. The van der Waals surface area contributed by atoms with Crippen molar-refractivity contribution >= 4 is 0 Å². The maximum atomic E-state index is 8.96. The summed E-state index contributed by atoms with van der Waals surface area (Å²) in [5, 5.41) is 8.96. The summed E-state index contributed by atoms with van der Waals surface area (Å²) in [6.07, 6.45) is 0. The van der Waals surface area contributed by atoms with E-state index in [0.29, 0.717) is 12.5 Å². The van der Waals surface area contributed by atoms with Crippen LogP contribution in [0.3, 0.4) is 0 Å². The van der Waals surface area contributed by atoms with Crippen LogP contribution in [0.2, 0.25) is 0 Å². The van der Waals surface area contributed by atoms with Gasteiger partial charge >= 0.3 is 0 Å². The predicted molar refractivity (Wildman–Crippen MR) is 47.2 cm³/mol. The van der Waals surface area contributed by atoms with Crippen molar-refractivity contribution in [3.05, 3.63) is 0 Å². The summed E-state index contributed by atoms with van der Waals surface area (Å²) in [5.41, 5.74) is 0. The summed E-state index contributed by atoms with van der Waals surface area (Å²) in [6, 6.07) is 0. The van der Waals surface area contributed by atoms with Gasteiger partial charge in [0.05, 0.1) is 0 Å². The molecule has 1 N–H and O–H groups in total. The van der Waals surface area contributed by atoms with E-state index >= 15 is 0 Å². The third-order valence-electron chi connectivity index (χ3n) is 3.23. The van der Waals surface area contributed by atoms with Crippen molar-refractivity contribution in [1.82, 2.24) is 0 Å². The summed E-state index contributed by atoms with van der Waals surface area (Å²) in [7, 11) is 0. The summed E-state index contributed by atoms with van der Waals surface area (Å²) in [5.74, 6) is 3.82. The Morgan fingerprint density at radius 3 is 2.00 bits per heavy atom. The molecule has 4 unspecified atom stereocenters. The summed E-state index contributed by atoms with van der Waals surface area (Å²) >= 11 is 0. The standard InChI is InChI=1S/C10H20O/c1-6(2)9-8(4)10(9)7(3)5-11/h6-11H,5H2,1-4H3. The van der Waals surface area contributed by atoms with Crippen LogP contribution in [0.5, 0.6) is 0 Å². The van der Waals surface area contributed by atoms with Gasteiger partial charge in [0, 0.05) is 6.61 Å². The monoisotopic (exact) mass is 156 g/mol. The SMILES string of the molecule is CC(C)C1C(C)C1C(C)CO. The second-order valence-electron chi connectivity index (χ2n) is 4.42. The maximum Gasteiger partial charge on any atom is 0.0459 e. The van der Waals surface area contributed by atoms with Gasteiger partial charge < -0.3 is 5.11 Å². The molecule has 1 heteroatoms. The predicted octanol–water partition coefficient (Wildman–Crippen LogP) is 2.15. The third kappa shape index (κ3) is 1.58. The molecule has 0 aliphatic heterocycles. The van der Waals surface area contributed by atoms with Gasteiger partial charge in [0.15, 0.2) is 0 Å². The van der Waals surface area contributed by atoms with Gasteiger partial charge in [-0.3, -0.25) is 0 Å². The molecule has 1 aliphatic carbocycles. The molecular formula is C10H20O. The Bertz CT molecular complexity index is 131. The molecule has 1 saturated carbocycles. The normalized spacial score (nSPS) is 39.3. The van der Waals surface area contributed by atoms with E-state index in [9.17, 15) is 0 Å². The highest BCUT2D eigenvalue weighted by molar-refractivity contribution is 4.97. The first-order valence-corrected chi connectivity index (χ1v) is 4.70. The molecule has 0 aromatic carbocycles. The van der Waals surface area contributed by atoms with Crippen molar-refractivity contribution in [2.45, 2.75) is 27.7 Å². The zero-order valence-electron chi connectivity index (χ0n) is 8.04. The summed E-state index contributed by atoms with van der Waals surface area (Å²) in [4.78, 5) is 0. The highest BCUT2D eigenvalue weighted by atomic mass is 16.3. The minimum absolute atomic E-state index is 0.359. The van der Waals surface area contributed by atoms with Crippen LogP contribution in [-0.4, -0.2) is 11.7 Å². The van der Waals surface area contributed by atoms with Crippen LogP contribution >= 0.6 is 0 Å². The fourth-order valence-electron chi connectivity index (χ4n) is 2.60. The minimum atomic E-state index is 0.359. The lowest BCUT2D eigenvalue weighted by molar-refractivity contribution is 0.211. The second kappa shape index (κ2) is 3.14. The Morgan fingerprint density at radius 1 is 1.18 bits per heavy atom. The molecule has 11 heavy (non-hydrogen) atoms. The van der Waals surface area contributed by atoms with Gasteiger partial charge in [0.1, 0.15) is 0 Å². The summed E-state index contributed by atoms with van der Waals surface area (Å²) < 4.78 is 0. The van der Waals surface area contributed by atoms with E-state index in [0.717, 1.165) is 23.7 Å². The molecule has 0 spiro atoms. The van der Waals surface area contributed by atoms with Crippen molar-refractivity contribution in [3.63, 3.8) is 0 Å². The van der Waals surface area contributed by atoms with Gasteiger partial charge in [-0.2, -0.15) is 0 Å². The molecule has 1 fully saturated rings. The van der Waals surface area contributed by atoms with Crippen molar-refractivity contribution in [2.75, 3.05) is 6.61 Å². The number of aliphatic hydroxyl groups is 1. The molecule has 0 bridgehead atoms. The van der Waals surface area contributed by atoms with Gasteiger partial charge in [-0.1, -0.05) is 27.7 Å². The van der Waals surface area contributed by atoms with Crippen LogP contribution in [0.1, 0.15) is 27.7 Å². The van der Waals surface area contributed by atoms with Crippen LogP contribution in [0.25, 0.3) is 0 Å². The van der Waals surface area contributed by atoms with Gasteiger partial charge in [0.25, 0.3) is 0 Å². The van der Waals surface area contributed by atoms with Crippen LogP contribution < -0.4 is 0 Å². The molecule has 4 atom stereocenters. The van der Waals surface area contributed by atoms with Crippen LogP contribution in [0.15, 0.2) is 0 Å². The lowest BCUT2D eigenvalue weighted by atomic mass is 10.0. The lowest BCUT2D eigenvalue weighted by Crippen LogP contribution is -2.06. The van der Waals surface area contributed by atoms with E-state index in [2.05, 4.69) is 27.7 Å². The molecule has 0 amide bonds. The van der Waals surface area contributed by atoms with E-state index in [1.54, 1.807) is 0 Å². The average Bonchev–Trinajstić information content (AvgIpc) is 2.60. The summed E-state index contributed by atoms with van der Waals surface area (Å²) in [6.45, 7) is 9.39. The average molecular weight is 156 g/mol. The van der Waals surface area contributed by atoms with E-state index in [-0.39, 0.29) is 0 Å². The van der Waals surface area contributed by atoms with Crippen molar-refractivity contribution in [1.29, 1.82) is 0 Å². The molecular weight excluding hydrogens is 136 g/mol. The largest absolute Gasteiger partial charge is 0.396 e. The molecule has 0 aromatic heterocycles. The Morgan fingerprint density at radius 2 is 1.73 bits per heavy atom. The van der Waals surface area contributed by atoms with Gasteiger partial charge in [-0.15, -0.1) is 0 Å². The Balaban J connectivity index is 2.41. The molecule has 1 rings (SSSR count). The van der Waals surface area contributed by atoms with Gasteiger partial charge in [-0.05, 0) is 29.6 Å². The molecule has 0 heterocycles. The maximum absolute atomic E-state index is 8.96. The first-order chi connectivity index (χ1) is 5.09. The molecule has 1 nitrogen and oxygen atoms in total. The van der Waals surface area contributed by atoms with Crippen molar-refractivity contribution in [2.24, 2.45) is 29.6 Å². The Kier molecular flexibility index (Phi) is 2.58. The topological polar surface area (TPSA) is 20.2 Å². The Hall–Kier alpha value is -0.0400. The first-order valence-electron chi connectivity index (χ1n) is 4.70. The zero-order valence-corrected chi connectivity index (χ0v) is 8.04. The quantitative estimate of drug-likeness (QED) is 0.664. The van der Waals surface area contributed by atoms with Crippen molar-refractivity contribution in [3.8, 4) is 0 Å². The molecule has 0 radical (unpaired) electrons. The fraction of sp³-hybridized carbons (Fsp3) is 1.00. The number of hydrogen-bond donors (Lipinski definition) is 1. The van der Waals surface area contributed by atoms with Crippen LogP contribution in [-0.2, 0) is 0 Å². The first kappa shape index (κ1) is 9.05. The van der Waals surface area contributed by atoms with Gasteiger partial charge in [-0.25, -0.2) is 0 Å². The fourth-order valence-corrected chi connectivity index (χ4v) is 2.60. The lowest BCUT2D eigenvalue weighted by Gasteiger charge is -2.07. The molecule has 66 valence electrons. The van der Waals surface area contributed by atoms with Crippen molar-refractivity contribution < 1.29 is 5.11 Å². The van der Waals surface area contributed by atoms with Crippen LogP contribution in [0.4, 0.5) is 0 Å². The van der Waals surface area contributed by atoms with Gasteiger partial charge in [0.2, 0.25) is 0 Å². The molecule has 0 aromatic rings. The number of rotatable bonds is 3. The van der Waals surface area contributed by atoms with Crippen LogP contribution in [0, 0.1) is 29.6 Å². The van der Waals surface area contributed by atoms with E-state index in [4.69, 9.17) is 5.11 Å². The highest BCUT2D eigenvalue weighted by Gasteiger charge is 2.50. The second-order valence-corrected chi connectivity index (χ2v) is 4.42. The molecule has 0 saturated heterocycles. The van der Waals surface area contributed by atoms with E-state index in [1.807, 2.05) is 0 Å². The number of hydrogen-bond acceptors (Lipinski definition) is 1. The van der Waals surface area contributed by atoms with E-state index < -0.39 is 0 Å². The highest BCUT2D eigenvalue weighted by Crippen LogP contribution is 2.54. The Labute approximate surface area is 69.8 Å². The minimum Gasteiger partial charge on any atom is -0.396 e.